The lowest BCUT2D eigenvalue weighted by molar-refractivity contribution is -0.153. The predicted molar refractivity (Wildman–Crippen MR) is 122 cm³/mol. The molecule has 0 saturated carbocycles. The molecule has 3 atom stereocenters. The summed E-state index contributed by atoms with van der Waals surface area (Å²) in [5, 5.41) is 0. The molecule has 4 heteroatoms. The van der Waals surface area contributed by atoms with Crippen molar-refractivity contribution in [2.75, 3.05) is 13.2 Å². The Morgan fingerprint density at radius 3 is 1.77 bits per heavy atom. The summed E-state index contributed by atoms with van der Waals surface area (Å²) in [5.41, 5.74) is 7.83. The molecule has 2 aromatic carbocycles. The van der Waals surface area contributed by atoms with Gasteiger partial charge in [-0.1, -0.05) is 43.3 Å². The highest BCUT2D eigenvalue weighted by atomic mass is 16.5. The van der Waals surface area contributed by atoms with Crippen molar-refractivity contribution in [3.8, 4) is 0 Å². The van der Waals surface area contributed by atoms with Crippen LogP contribution in [0.2, 0.25) is 0 Å². The van der Waals surface area contributed by atoms with Gasteiger partial charge in [0.1, 0.15) is 0 Å². The van der Waals surface area contributed by atoms with Crippen molar-refractivity contribution in [1.29, 1.82) is 0 Å². The minimum atomic E-state index is -0.0601. The van der Waals surface area contributed by atoms with Crippen molar-refractivity contribution in [2.45, 2.75) is 65.7 Å². The van der Waals surface area contributed by atoms with E-state index in [2.05, 4.69) is 64.1 Å². The van der Waals surface area contributed by atoms with Gasteiger partial charge in [-0.25, -0.2) is 0 Å². The number of cyclic esters (lactones) is 2. The van der Waals surface area contributed by atoms with E-state index in [1.54, 1.807) is 0 Å². The summed E-state index contributed by atoms with van der Waals surface area (Å²) < 4.78 is 10.3. The van der Waals surface area contributed by atoms with E-state index in [-0.39, 0.29) is 17.9 Å². The van der Waals surface area contributed by atoms with E-state index < -0.39 is 0 Å². The molecule has 0 radical (unpaired) electrons. The van der Waals surface area contributed by atoms with Crippen LogP contribution in [0.1, 0.15) is 71.4 Å². The second-order valence-electron chi connectivity index (χ2n) is 9.07. The lowest BCUT2D eigenvalue weighted by Crippen LogP contribution is -2.27. The number of carbonyl (C=O) groups excluding carboxylic acids is 2. The van der Waals surface area contributed by atoms with Crippen molar-refractivity contribution in [1.82, 2.24) is 0 Å². The summed E-state index contributed by atoms with van der Waals surface area (Å²) in [6.45, 7) is 11.5. The van der Waals surface area contributed by atoms with E-state index in [1.807, 2.05) is 6.92 Å². The van der Waals surface area contributed by atoms with Gasteiger partial charge in [0.2, 0.25) is 0 Å². The lowest BCUT2D eigenvalue weighted by atomic mass is 9.87. The highest BCUT2D eigenvalue weighted by Gasteiger charge is 2.28. The quantitative estimate of drug-likeness (QED) is 0.583. The molecule has 4 rings (SSSR count). The molecule has 2 aliphatic rings. The van der Waals surface area contributed by atoms with Crippen molar-refractivity contribution in [3.63, 3.8) is 0 Å². The third-order valence-electron chi connectivity index (χ3n) is 6.61. The largest absolute Gasteiger partial charge is 0.465 e. The molecule has 4 nitrogen and oxygen atoms in total. The van der Waals surface area contributed by atoms with Crippen molar-refractivity contribution in [3.05, 3.63) is 69.8 Å². The molecule has 0 spiro atoms. The number of aryl methyl sites for hydroxylation is 4. The van der Waals surface area contributed by atoms with Gasteiger partial charge in [-0.2, -0.15) is 0 Å². The molecule has 0 aromatic heterocycles. The molecule has 2 saturated heterocycles. The van der Waals surface area contributed by atoms with E-state index in [4.69, 9.17) is 9.47 Å². The molecular formula is C27H34O4. The lowest BCUT2D eigenvalue weighted by Gasteiger charge is -2.26. The summed E-state index contributed by atoms with van der Waals surface area (Å²) in [6, 6.07) is 13.0. The zero-order chi connectivity index (χ0) is 22.5. The second kappa shape index (κ2) is 10.1. The topological polar surface area (TPSA) is 52.6 Å². The average molecular weight is 423 g/mol. The molecule has 2 heterocycles. The monoisotopic (exact) mass is 422 g/mol. The van der Waals surface area contributed by atoms with Gasteiger partial charge in [0, 0.05) is 18.3 Å². The molecular weight excluding hydrogens is 388 g/mol. The van der Waals surface area contributed by atoms with Gasteiger partial charge in [-0.3, -0.25) is 9.59 Å². The first kappa shape index (κ1) is 23.1. The van der Waals surface area contributed by atoms with Crippen LogP contribution in [-0.4, -0.2) is 25.2 Å². The fourth-order valence-corrected chi connectivity index (χ4v) is 4.09. The third-order valence-corrected chi connectivity index (χ3v) is 6.61. The molecule has 0 aliphatic carbocycles. The molecule has 1 unspecified atom stereocenters. The summed E-state index contributed by atoms with van der Waals surface area (Å²) in [4.78, 5) is 22.2. The standard InChI is InChI=1S/C14H18O2.C13H16O2/c1-9-4-5-12(6-10(9)2)13-7-11(3)14(15)16-8-13;1-9-3-4-11(7-10(9)2)12-5-6-13(14)15-8-12/h4-6,11,13H,7-8H2,1-3H3;3-4,7,12H,5-6,8H2,1-2H3/t11?,13-;12-/m11/s1. The third kappa shape index (κ3) is 5.96. The van der Waals surface area contributed by atoms with Gasteiger partial charge in [0.25, 0.3) is 0 Å². The molecule has 31 heavy (non-hydrogen) atoms. The smallest absolute Gasteiger partial charge is 0.308 e. The Morgan fingerprint density at radius 1 is 0.742 bits per heavy atom. The Labute approximate surface area is 186 Å². The number of rotatable bonds is 2. The Morgan fingerprint density at radius 2 is 1.29 bits per heavy atom. The maximum absolute atomic E-state index is 11.3. The van der Waals surface area contributed by atoms with Gasteiger partial charge >= 0.3 is 11.9 Å². The van der Waals surface area contributed by atoms with Gasteiger partial charge in [-0.05, 0) is 73.9 Å². The van der Waals surface area contributed by atoms with Gasteiger partial charge in [0.05, 0.1) is 19.1 Å². The van der Waals surface area contributed by atoms with Crippen molar-refractivity contribution < 1.29 is 19.1 Å². The summed E-state index contributed by atoms with van der Waals surface area (Å²) in [7, 11) is 0. The van der Waals surface area contributed by atoms with E-state index in [0.29, 0.717) is 31.5 Å². The van der Waals surface area contributed by atoms with Gasteiger partial charge in [-0.15, -0.1) is 0 Å². The number of hydrogen-bond donors (Lipinski definition) is 0. The van der Waals surface area contributed by atoms with Crippen LogP contribution in [0.25, 0.3) is 0 Å². The van der Waals surface area contributed by atoms with Crippen LogP contribution < -0.4 is 0 Å². The highest BCUT2D eigenvalue weighted by Crippen LogP contribution is 2.30. The van der Waals surface area contributed by atoms with Gasteiger partial charge in [0.15, 0.2) is 0 Å². The Hall–Kier alpha value is -2.62. The first-order chi connectivity index (χ1) is 14.7. The number of hydrogen-bond acceptors (Lipinski definition) is 4. The zero-order valence-electron chi connectivity index (χ0n) is 19.4. The number of carbonyl (C=O) groups is 2. The van der Waals surface area contributed by atoms with Crippen molar-refractivity contribution >= 4 is 11.9 Å². The first-order valence-electron chi connectivity index (χ1n) is 11.2. The van der Waals surface area contributed by atoms with Crippen LogP contribution in [0.15, 0.2) is 36.4 Å². The van der Waals surface area contributed by atoms with Crippen LogP contribution in [0.3, 0.4) is 0 Å². The molecule has 0 amide bonds. The van der Waals surface area contributed by atoms with E-state index in [0.717, 1.165) is 12.8 Å². The second-order valence-corrected chi connectivity index (χ2v) is 9.07. The van der Waals surface area contributed by atoms with Crippen LogP contribution in [0, 0.1) is 33.6 Å². The fourth-order valence-electron chi connectivity index (χ4n) is 4.09. The van der Waals surface area contributed by atoms with Gasteiger partial charge < -0.3 is 9.47 Å². The molecule has 0 N–H and O–H groups in total. The number of benzene rings is 2. The van der Waals surface area contributed by atoms with E-state index in [9.17, 15) is 9.59 Å². The SMILES string of the molecule is Cc1ccc([C@@H]2CCC(=O)OC2)cc1C.Cc1ccc([C@H]2COC(=O)C(C)C2)cc1C. The Balaban J connectivity index is 0.000000176. The molecule has 2 aromatic rings. The number of ether oxygens (including phenoxy) is 2. The van der Waals surface area contributed by atoms with Crippen molar-refractivity contribution in [2.24, 2.45) is 5.92 Å². The van der Waals surface area contributed by atoms with E-state index >= 15 is 0 Å². The summed E-state index contributed by atoms with van der Waals surface area (Å²) in [6.07, 6.45) is 2.38. The minimum Gasteiger partial charge on any atom is -0.465 e. The zero-order valence-corrected chi connectivity index (χ0v) is 19.4. The van der Waals surface area contributed by atoms with Crippen LogP contribution >= 0.6 is 0 Å². The van der Waals surface area contributed by atoms with Crippen LogP contribution in [0.4, 0.5) is 0 Å². The number of esters is 2. The van der Waals surface area contributed by atoms with Crippen LogP contribution in [-0.2, 0) is 19.1 Å². The Bertz CT molecular complexity index is 936. The summed E-state index contributed by atoms with van der Waals surface area (Å²) in [5.74, 6) is 0.671. The molecule has 2 aliphatic heterocycles. The summed E-state index contributed by atoms with van der Waals surface area (Å²) >= 11 is 0. The first-order valence-corrected chi connectivity index (χ1v) is 11.2. The fraction of sp³-hybridized carbons (Fsp3) is 0.481. The molecule has 2 fully saturated rings. The average Bonchev–Trinajstić information content (AvgIpc) is 2.75. The highest BCUT2D eigenvalue weighted by molar-refractivity contribution is 5.73. The van der Waals surface area contributed by atoms with Crippen LogP contribution in [0.5, 0.6) is 0 Å². The maximum atomic E-state index is 11.3. The normalized spacial score (nSPS) is 23.3. The minimum absolute atomic E-state index is 0.0281. The predicted octanol–water partition coefficient (Wildman–Crippen LogP) is 5.69. The Kier molecular flexibility index (Phi) is 7.53. The molecule has 166 valence electrons. The van der Waals surface area contributed by atoms with E-state index in [1.165, 1.54) is 33.4 Å². The molecule has 0 bridgehead atoms. The maximum Gasteiger partial charge on any atom is 0.308 e.